The van der Waals surface area contributed by atoms with Crippen LogP contribution in [0.2, 0.25) is 0 Å². The van der Waals surface area contributed by atoms with Crippen molar-refractivity contribution in [1.29, 1.82) is 0 Å². The SMILES string of the molecule is CCNC(=NCCCN(CC)S(C)(=O)=O)NCCc1ncc(CC)s1.I. The van der Waals surface area contributed by atoms with Crippen LogP contribution in [0, 0.1) is 0 Å². The Bertz CT molecular complexity index is 634. The van der Waals surface area contributed by atoms with Gasteiger partial charge in [0, 0.05) is 50.2 Å². The van der Waals surface area contributed by atoms with Crippen molar-refractivity contribution in [1.82, 2.24) is 19.9 Å². The van der Waals surface area contributed by atoms with Crippen molar-refractivity contribution >= 4 is 51.3 Å². The van der Waals surface area contributed by atoms with E-state index in [1.54, 1.807) is 11.3 Å². The minimum atomic E-state index is -3.12. The molecule has 1 heterocycles. The molecule has 1 aromatic rings. The van der Waals surface area contributed by atoms with Gasteiger partial charge in [0.25, 0.3) is 0 Å². The van der Waals surface area contributed by atoms with E-state index in [0.717, 1.165) is 36.9 Å². The fourth-order valence-electron chi connectivity index (χ4n) is 2.25. The van der Waals surface area contributed by atoms with Gasteiger partial charge in [-0.05, 0) is 19.8 Å². The lowest BCUT2D eigenvalue weighted by atomic mass is 10.4. The van der Waals surface area contributed by atoms with Gasteiger partial charge in [-0.15, -0.1) is 35.3 Å². The van der Waals surface area contributed by atoms with Crippen molar-refractivity contribution < 1.29 is 8.42 Å². The summed E-state index contributed by atoms with van der Waals surface area (Å²) in [7, 11) is -3.12. The maximum atomic E-state index is 11.6. The van der Waals surface area contributed by atoms with Crippen molar-refractivity contribution in [3.8, 4) is 0 Å². The first kappa shape index (κ1) is 25.5. The Morgan fingerprint density at radius 2 is 2.04 bits per heavy atom. The van der Waals surface area contributed by atoms with E-state index < -0.39 is 10.0 Å². The van der Waals surface area contributed by atoms with E-state index in [-0.39, 0.29) is 24.0 Å². The van der Waals surface area contributed by atoms with Crippen molar-refractivity contribution in [3.05, 3.63) is 16.1 Å². The molecule has 0 amide bonds. The van der Waals surface area contributed by atoms with Crippen LogP contribution < -0.4 is 10.6 Å². The molecular formula is C16H32IN5O2S2. The summed E-state index contributed by atoms with van der Waals surface area (Å²) in [6.07, 6.45) is 5.78. The second-order valence-electron chi connectivity index (χ2n) is 5.62. The second kappa shape index (κ2) is 13.7. The molecule has 0 saturated carbocycles. The normalized spacial score (nSPS) is 12.1. The molecule has 10 heteroatoms. The van der Waals surface area contributed by atoms with Crippen LogP contribution in [0.5, 0.6) is 0 Å². The Morgan fingerprint density at radius 1 is 1.31 bits per heavy atom. The smallest absolute Gasteiger partial charge is 0.211 e. The Morgan fingerprint density at radius 3 is 2.58 bits per heavy atom. The van der Waals surface area contributed by atoms with Crippen molar-refractivity contribution in [2.24, 2.45) is 4.99 Å². The van der Waals surface area contributed by atoms with Crippen LogP contribution in [0.4, 0.5) is 0 Å². The summed E-state index contributed by atoms with van der Waals surface area (Å²) < 4.78 is 24.6. The summed E-state index contributed by atoms with van der Waals surface area (Å²) in [6, 6.07) is 0. The number of hydrogen-bond acceptors (Lipinski definition) is 5. The lowest BCUT2D eigenvalue weighted by Crippen LogP contribution is -2.38. The number of aryl methyl sites for hydroxylation is 1. The predicted molar refractivity (Wildman–Crippen MR) is 121 cm³/mol. The van der Waals surface area contributed by atoms with Crippen LogP contribution in [0.1, 0.15) is 37.1 Å². The minimum absolute atomic E-state index is 0. The van der Waals surface area contributed by atoms with Crippen molar-refractivity contribution in [2.45, 2.75) is 40.0 Å². The molecule has 0 aliphatic heterocycles. The topological polar surface area (TPSA) is 86.7 Å². The molecule has 0 saturated heterocycles. The van der Waals surface area contributed by atoms with E-state index in [4.69, 9.17) is 0 Å². The molecule has 0 aliphatic rings. The molecule has 0 unspecified atom stereocenters. The fourth-order valence-corrected chi connectivity index (χ4v) is 4.04. The molecule has 0 aliphatic carbocycles. The van der Waals surface area contributed by atoms with Gasteiger partial charge in [0.05, 0.1) is 11.3 Å². The van der Waals surface area contributed by atoms with Gasteiger partial charge in [0.15, 0.2) is 5.96 Å². The largest absolute Gasteiger partial charge is 0.357 e. The van der Waals surface area contributed by atoms with E-state index >= 15 is 0 Å². The third-order valence-electron chi connectivity index (χ3n) is 3.58. The monoisotopic (exact) mass is 517 g/mol. The number of thiazole rings is 1. The zero-order chi connectivity index (χ0) is 18.7. The second-order valence-corrected chi connectivity index (χ2v) is 8.80. The molecule has 7 nitrogen and oxygen atoms in total. The molecule has 0 atom stereocenters. The van der Waals surface area contributed by atoms with Gasteiger partial charge in [0.2, 0.25) is 10.0 Å². The molecule has 152 valence electrons. The highest BCUT2D eigenvalue weighted by Gasteiger charge is 2.13. The lowest BCUT2D eigenvalue weighted by Gasteiger charge is -2.17. The van der Waals surface area contributed by atoms with Gasteiger partial charge in [0.1, 0.15) is 0 Å². The molecule has 0 fully saturated rings. The quantitative estimate of drug-likeness (QED) is 0.203. The Kier molecular flexibility index (Phi) is 13.4. The Hall–Kier alpha value is -0.460. The third-order valence-corrected chi connectivity index (χ3v) is 6.16. The van der Waals surface area contributed by atoms with Gasteiger partial charge in [-0.1, -0.05) is 13.8 Å². The van der Waals surface area contributed by atoms with Gasteiger partial charge < -0.3 is 10.6 Å². The van der Waals surface area contributed by atoms with Crippen molar-refractivity contribution in [2.75, 3.05) is 39.0 Å². The van der Waals surface area contributed by atoms with Gasteiger partial charge in [-0.25, -0.2) is 17.7 Å². The zero-order valence-corrected chi connectivity index (χ0v) is 20.1. The summed E-state index contributed by atoms with van der Waals surface area (Å²) in [5.41, 5.74) is 0. The lowest BCUT2D eigenvalue weighted by molar-refractivity contribution is 0.427. The first-order valence-electron chi connectivity index (χ1n) is 8.81. The number of sulfonamides is 1. The van der Waals surface area contributed by atoms with Crippen LogP contribution in [0.25, 0.3) is 0 Å². The molecule has 0 aromatic carbocycles. The molecule has 1 rings (SSSR count). The molecule has 0 radical (unpaired) electrons. The van der Waals surface area contributed by atoms with Gasteiger partial charge in [-0.3, -0.25) is 4.99 Å². The van der Waals surface area contributed by atoms with E-state index in [1.807, 2.05) is 20.0 Å². The average molecular weight is 518 g/mol. The van der Waals surface area contributed by atoms with E-state index in [2.05, 4.69) is 27.5 Å². The van der Waals surface area contributed by atoms with Crippen LogP contribution in [0.15, 0.2) is 11.2 Å². The molecule has 1 aromatic heterocycles. The summed E-state index contributed by atoms with van der Waals surface area (Å²) in [5, 5.41) is 7.64. The van der Waals surface area contributed by atoms with Crippen LogP contribution >= 0.6 is 35.3 Å². The molecule has 2 N–H and O–H groups in total. The number of hydrogen-bond donors (Lipinski definition) is 2. The first-order chi connectivity index (χ1) is 11.9. The minimum Gasteiger partial charge on any atom is -0.357 e. The molecular weight excluding hydrogens is 485 g/mol. The number of guanidine groups is 1. The highest BCUT2D eigenvalue weighted by atomic mass is 127. The first-order valence-corrected chi connectivity index (χ1v) is 11.5. The number of rotatable bonds is 11. The number of aliphatic imine (C=N–C) groups is 1. The van der Waals surface area contributed by atoms with Gasteiger partial charge >= 0.3 is 0 Å². The predicted octanol–water partition coefficient (Wildman–Crippen LogP) is 2.09. The number of nitrogens with one attached hydrogen (secondary N) is 2. The highest BCUT2D eigenvalue weighted by molar-refractivity contribution is 14.0. The molecule has 0 spiro atoms. The van der Waals surface area contributed by atoms with E-state index in [9.17, 15) is 8.42 Å². The summed E-state index contributed by atoms with van der Waals surface area (Å²) >= 11 is 1.75. The molecule has 26 heavy (non-hydrogen) atoms. The standard InChI is InChI=1S/C16H31N5O2S2.HI/c1-5-14-13-20-15(24-14)9-11-19-16(17-6-2)18-10-8-12-21(7-3)25(4,22)23;/h13H,5-12H2,1-4H3,(H2,17,18,19);1H. The van der Waals surface area contributed by atoms with E-state index in [0.29, 0.717) is 26.1 Å². The number of aromatic nitrogens is 1. The third kappa shape index (κ3) is 10.0. The summed E-state index contributed by atoms with van der Waals surface area (Å²) in [4.78, 5) is 10.2. The summed E-state index contributed by atoms with van der Waals surface area (Å²) in [6.45, 7) is 9.13. The maximum absolute atomic E-state index is 11.6. The average Bonchev–Trinajstić information content (AvgIpc) is 3.01. The Balaban J connectivity index is 0.00000625. The van der Waals surface area contributed by atoms with Gasteiger partial charge in [-0.2, -0.15) is 0 Å². The molecule has 0 bridgehead atoms. The van der Waals surface area contributed by atoms with Crippen LogP contribution in [0.3, 0.4) is 0 Å². The highest BCUT2D eigenvalue weighted by Crippen LogP contribution is 2.13. The summed E-state index contributed by atoms with van der Waals surface area (Å²) in [5.74, 6) is 0.761. The fraction of sp³-hybridized carbons (Fsp3) is 0.750. The maximum Gasteiger partial charge on any atom is 0.211 e. The van der Waals surface area contributed by atoms with Crippen LogP contribution in [-0.2, 0) is 22.9 Å². The van der Waals surface area contributed by atoms with Crippen molar-refractivity contribution in [3.63, 3.8) is 0 Å². The number of nitrogens with zero attached hydrogens (tertiary/aromatic N) is 3. The zero-order valence-electron chi connectivity index (χ0n) is 16.1. The van der Waals surface area contributed by atoms with E-state index in [1.165, 1.54) is 15.4 Å². The Labute approximate surface area is 179 Å². The van der Waals surface area contributed by atoms with Crippen LogP contribution in [-0.4, -0.2) is 62.6 Å². The number of halogens is 1.